The number of ether oxygens (including phenoxy) is 2. The van der Waals surface area contributed by atoms with Crippen LogP contribution in [-0.4, -0.2) is 19.7 Å². The van der Waals surface area contributed by atoms with E-state index in [4.69, 9.17) is 9.47 Å². The average molecular weight is 365 g/mol. The largest absolute Gasteiger partial charge is 0.489 e. The molecule has 0 aliphatic heterocycles. The fourth-order valence-corrected chi connectivity index (χ4v) is 2.35. The van der Waals surface area contributed by atoms with Gasteiger partial charge in [0.05, 0.1) is 13.5 Å². The summed E-state index contributed by atoms with van der Waals surface area (Å²) in [5, 5.41) is 0.682. The van der Waals surface area contributed by atoms with Crippen molar-refractivity contribution in [3.63, 3.8) is 0 Å². The number of hydrogen-bond acceptors (Lipinski definition) is 3. The average Bonchev–Trinajstić information content (AvgIpc) is 2.55. The van der Waals surface area contributed by atoms with Gasteiger partial charge >= 0.3 is 5.97 Å². The van der Waals surface area contributed by atoms with Gasteiger partial charge in [-0.3, -0.25) is 4.79 Å². The summed E-state index contributed by atoms with van der Waals surface area (Å²) in [7, 11) is 1.39. The van der Waals surface area contributed by atoms with Crippen LogP contribution in [0.25, 0.3) is 0 Å². The Morgan fingerprint density at radius 1 is 1.36 bits per heavy atom. The fraction of sp³-hybridized carbons (Fsp3) is 0.278. The van der Waals surface area contributed by atoms with Crippen LogP contribution in [0.15, 0.2) is 54.7 Å². The highest BCUT2D eigenvalue weighted by atomic mass is 79.9. The zero-order chi connectivity index (χ0) is 16.4. The minimum atomic E-state index is -0.262. The lowest BCUT2D eigenvalue weighted by Crippen LogP contribution is -2.07. The number of alkyl halides is 1. The van der Waals surface area contributed by atoms with Crippen LogP contribution < -0.4 is 4.74 Å². The molecule has 0 aromatic heterocycles. The fourth-order valence-electron chi connectivity index (χ4n) is 1.80. The number of halogens is 1. The second kappa shape index (κ2) is 10.0. The minimum Gasteiger partial charge on any atom is -0.489 e. The van der Waals surface area contributed by atoms with Gasteiger partial charge in [-0.2, -0.15) is 0 Å². The zero-order valence-electron chi connectivity index (χ0n) is 13.0. The van der Waals surface area contributed by atoms with Crippen LogP contribution in [0.4, 0.5) is 0 Å². The van der Waals surface area contributed by atoms with Crippen LogP contribution in [0.5, 0.6) is 5.75 Å². The van der Waals surface area contributed by atoms with Crippen molar-refractivity contribution in [2.45, 2.75) is 18.7 Å². The number of benzene rings is 1. The Hall–Kier alpha value is -1.81. The predicted octanol–water partition coefficient (Wildman–Crippen LogP) is 4.36. The highest BCUT2D eigenvalue weighted by molar-refractivity contribution is 9.08. The van der Waals surface area contributed by atoms with Gasteiger partial charge in [0.25, 0.3) is 0 Å². The van der Waals surface area contributed by atoms with Crippen molar-refractivity contribution in [2.75, 3.05) is 13.7 Å². The molecular weight excluding hydrogens is 344 g/mol. The third-order valence-electron chi connectivity index (χ3n) is 3.11. The molecule has 0 heterocycles. The molecule has 1 aromatic rings. The monoisotopic (exact) mass is 364 g/mol. The highest BCUT2D eigenvalue weighted by Gasteiger charge is 2.09. The molecule has 0 aliphatic carbocycles. The zero-order valence-corrected chi connectivity index (χ0v) is 14.6. The number of esters is 1. The van der Waals surface area contributed by atoms with Gasteiger partial charge in [-0.05, 0) is 35.8 Å². The molecule has 0 N–H and O–H groups in total. The first-order valence-corrected chi connectivity index (χ1v) is 8.08. The maximum atomic E-state index is 11.5. The van der Waals surface area contributed by atoms with Crippen LogP contribution in [0.3, 0.4) is 0 Å². The van der Waals surface area contributed by atoms with Crippen molar-refractivity contribution in [3.05, 3.63) is 65.8 Å². The van der Waals surface area contributed by atoms with Gasteiger partial charge in [0.15, 0.2) is 0 Å². The van der Waals surface area contributed by atoms with Crippen molar-refractivity contribution >= 4 is 21.9 Å². The number of rotatable bonds is 8. The van der Waals surface area contributed by atoms with Gasteiger partial charge in [0.2, 0.25) is 0 Å². The van der Waals surface area contributed by atoms with Gasteiger partial charge in [-0.25, -0.2) is 0 Å². The molecule has 0 spiro atoms. The Morgan fingerprint density at radius 2 is 2.14 bits per heavy atom. The summed E-state index contributed by atoms with van der Waals surface area (Å²) < 4.78 is 10.5. The molecule has 0 unspecified atom stereocenters. The molecule has 0 amide bonds. The van der Waals surface area contributed by atoms with Gasteiger partial charge in [0, 0.05) is 5.33 Å². The molecular formula is C18H21BrO3. The lowest BCUT2D eigenvalue weighted by molar-refractivity contribution is -0.139. The Balaban J connectivity index is 2.83. The lowest BCUT2D eigenvalue weighted by Gasteiger charge is -2.11. The van der Waals surface area contributed by atoms with E-state index in [9.17, 15) is 4.79 Å². The quantitative estimate of drug-likeness (QED) is 0.390. The number of methoxy groups -OCH3 is 1. The molecule has 0 bridgehead atoms. The SMILES string of the molecule is C=C/C=C\C(=C/C)COc1ccc(CBr)c(CC(=O)OC)c1. The summed E-state index contributed by atoms with van der Waals surface area (Å²) in [5.74, 6) is 0.470. The number of allylic oxidation sites excluding steroid dienone is 3. The summed E-state index contributed by atoms with van der Waals surface area (Å²) in [6.45, 7) is 6.07. The molecule has 118 valence electrons. The molecule has 0 radical (unpaired) electrons. The smallest absolute Gasteiger partial charge is 0.309 e. The summed E-state index contributed by atoms with van der Waals surface area (Å²) in [6.07, 6.45) is 7.77. The molecule has 0 saturated heterocycles. The lowest BCUT2D eigenvalue weighted by atomic mass is 10.1. The van der Waals surface area contributed by atoms with E-state index in [-0.39, 0.29) is 12.4 Å². The standard InChI is InChI=1S/C18H21BrO3/c1-4-6-7-14(5-2)13-22-17-9-8-15(12-19)16(10-17)11-18(20)21-3/h4-10H,1,11-13H2,2-3H3/b7-6-,14-5+. The summed E-state index contributed by atoms with van der Waals surface area (Å²) in [6, 6.07) is 5.75. The minimum absolute atomic E-state index is 0.238. The predicted molar refractivity (Wildman–Crippen MR) is 93.4 cm³/mol. The maximum Gasteiger partial charge on any atom is 0.309 e. The molecule has 0 atom stereocenters. The molecule has 0 saturated carbocycles. The number of hydrogen-bond donors (Lipinski definition) is 0. The number of carbonyl (C=O) groups excluding carboxylic acids is 1. The molecule has 4 heteroatoms. The molecule has 1 aromatic carbocycles. The first-order chi connectivity index (χ1) is 10.6. The summed E-state index contributed by atoms with van der Waals surface area (Å²) in [4.78, 5) is 11.5. The Labute approximate surface area is 140 Å². The van der Waals surface area contributed by atoms with Gasteiger partial charge in [-0.15, -0.1) is 0 Å². The van der Waals surface area contributed by atoms with E-state index in [1.807, 2.05) is 43.4 Å². The van der Waals surface area contributed by atoms with Crippen LogP contribution >= 0.6 is 15.9 Å². The second-order valence-corrected chi connectivity index (χ2v) is 5.12. The molecule has 0 fully saturated rings. The van der Waals surface area contributed by atoms with Crippen molar-refractivity contribution in [1.29, 1.82) is 0 Å². The number of carbonyl (C=O) groups is 1. The van der Waals surface area contributed by atoms with E-state index >= 15 is 0 Å². The first kappa shape index (κ1) is 18.2. The maximum absolute atomic E-state index is 11.5. The van der Waals surface area contributed by atoms with E-state index in [0.717, 1.165) is 22.4 Å². The highest BCUT2D eigenvalue weighted by Crippen LogP contribution is 2.21. The van der Waals surface area contributed by atoms with Crippen molar-refractivity contribution in [1.82, 2.24) is 0 Å². The topological polar surface area (TPSA) is 35.5 Å². The van der Waals surface area contributed by atoms with Gasteiger partial charge in [0.1, 0.15) is 12.4 Å². The van der Waals surface area contributed by atoms with E-state index < -0.39 is 0 Å². The van der Waals surface area contributed by atoms with Crippen LogP contribution in [0.1, 0.15) is 18.1 Å². The van der Waals surface area contributed by atoms with Crippen LogP contribution in [-0.2, 0) is 21.3 Å². The third kappa shape index (κ3) is 5.90. The van der Waals surface area contributed by atoms with Crippen molar-refractivity contribution < 1.29 is 14.3 Å². The van der Waals surface area contributed by atoms with E-state index in [2.05, 4.69) is 22.5 Å². The van der Waals surface area contributed by atoms with E-state index in [0.29, 0.717) is 11.9 Å². The van der Waals surface area contributed by atoms with Gasteiger partial charge < -0.3 is 9.47 Å². The van der Waals surface area contributed by atoms with Crippen molar-refractivity contribution in [2.24, 2.45) is 0 Å². The Bertz CT molecular complexity index is 574. The molecule has 1 rings (SSSR count). The Kier molecular flexibility index (Phi) is 8.30. The van der Waals surface area contributed by atoms with E-state index in [1.165, 1.54) is 7.11 Å². The summed E-state index contributed by atoms with van der Waals surface area (Å²) >= 11 is 3.43. The van der Waals surface area contributed by atoms with Crippen LogP contribution in [0, 0.1) is 0 Å². The molecule has 22 heavy (non-hydrogen) atoms. The van der Waals surface area contributed by atoms with E-state index in [1.54, 1.807) is 6.08 Å². The first-order valence-electron chi connectivity index (χ1n) is 6.96. The Morgan fingerprint density at radius 3 is 2.73 bits per heavy atom. The second-order valence-electron chi connectivity index (χ2n) is 4.56. The normalized spacial score (nSPS) is 11.5. The van der Waals surface area contributed by atoms with Crippen LogP contribution in [0.2, 0.25) is 0 Å². The third-order valence-corrected chi connectivity index (χ3v) is 3.71. The molecule has 3 nitrogen and oxygen atoms in total. The van der Waals surface area contributed by atoms with Crippen molar-refractivity contribution in [3.8, 4) is 5.75 Å². The van der Waals surface area contributed by atoms with Gasteiger partial charge in [-0.1, -0.05) is 52.9 Å². The molecule has 0 aliphatic rings. The summed E-state index contributed by atoms with van der Waals surface area (Å²) in [5.41, 5.74) is 3.01.